The summed E-state index contributed by atoms with van der Waals surface area (Å²) in [6.45, 7) is 0. The minimum atomic E-state index is -4.14. The summed E-state index contributed by atoms with van der Waals surface area (Å²) in [5.41, 5.74) is 0.418. The number of hydrogen-bond donors (Lipinski definition) is 1. The van der Waals surface area contributed by atoms with Gasteiger partial charge in [0.25, 0.3) is 10.0 Å². The molecule has 0 aliphatic rings. The summed E-state index contributed by atoms with van der Waals surface area (Å²) in [7, 11) is 1.29. The molecule has 0 amide bonds. The Hall–Kier alpha value is -3.47. The SMILES string of the molecule is COC(=O)c1cc(OC)c(OC)cc1NS(=O)(=O)c1ccc2c(c1)oc(=O)n2C. The fourth-order valence-electron chi connectivity index (χ4n) is 2.73. The number of fused-ring (bicyclic) bond motifs is 1. The van der Waals surface area contributed by atoms with Gasteiger partial charge in [-0.2, -0.15) is 0 Å². The number of nitrogens with zero attached hydrogens (tertiary/aromatic N) is 1. The van der Waals surface area contributed by atoms with E-state index in [1.165, 1.54) is 63.3 Å². The molecule has 29 heavy (non-hydrogen) atoms. The zero-order valence-electron chi connectivity index (χ0n) is 16.0. The van der Waals surface area contributed by atoms with Gasteiger partial charge in [0.05, 0.1) is 43.0 Å². The van der Waals surface area contributed by atoms with Crippen LogP contribution in [0.3, 0.4) is 0 Å². The summed E-state index contributed by atoms with van der Waals surface area (Å²) in [4.78, 5) is 23.6. The third-order valence-corrected chi connectivity index (χ3v) is 5.61. The minimum Gasteiger partial charge on any atom is -0.493 e. The maximum absolute atomic E-state index is 12.9. The number of oxazole rings is 1. The molecule has 1 N–H and O–H groups in total. The molecule has 10 nitrogen and oxygen atoms in total. The number of methoxy groups -OCH3 is 3. The number of sulfonamides is 1. The largest absolute Gasteiger partial charge is 0.493 e. The van der Waals surface area contributed by atoms with Crippen LogP contribution in [-0.2, 0) is 21.8 Å². The lowest BCUT2D eigenvalue weighted by molar-refractivity contribution is 0.0601. The van der Waals surface area contributed by atoms with E-state index in [2.05, 4.69) is 4.72 Å². The molecule has 0 radical (unpaired) electrons. The van der Waals surface area contributed by atoms with Crippen molar-refractivity contribution in [2.75, 3.05) is 26.1 Å². The Labute approximate surface area is 165 Å². The van der Waals surface area contributed by atoms with Crippen LogP contribution in [0.25, 0.3) is 11.1 Å². The van der Waals surface area contributed by atoms with Crippen molar-refractivity contribution in [1.29, 1.82) is 0 Å². The molecule has 0 aliphatic heterocycles. The van der Waals surface area contributed by atoms with Crippen molar-refractivity contribution in [3.8, 4) is 11.5 Å². The number of hydrogen-bond acceptors (Lipinski definition) is 8. The fraction of sp³-hybridized carbons (Fsp3) is 0.222. The van der Waals surface area contributed by atoms with E-state index in [1.807, 2.05) is 0 Å². The molecule has 3 aromatic rings. The smallest absolute Gasteiger partial charge is 0.419 e. The predicted molar refractivity (Wildman–Crippen MR) is 103 cm³/mol. The Kier molecular flexibility index (Phi) is 5.25. The first-order valence-corrected chi connectivity index (χ1v) is 9.67. The first kappa shape index (κ1) is 20.3. The van der Waals surface area contributed by atoms with E-state index < -0.39 is 21.7 Å². The van der Waals surface area contributed by atoms with Crippen LogP contribution >= 0.6 is 0 Å². The zero-order chi connectivity index (χ0) is 21.3. The van der Waals surface area contributed by atoms with Crippen molar-refractivity contribution in [3.63, 3.8) is 0 Å². The third kappa shape index (κ3) is 3.63. The average molecular weight is 422 g/mol. The van der Waals surface area contributed by atoms with Gasteiger partial charge in [0.15, 0.2) is 17.1 Å². The van der Waals surface area contributed by atoms with Gasteiger partial charge in [-0.15, -0.1) is 0 Å². The van der Waals surface area contributed by atoms with Crippen molar-refractivity contribution in [1.82, 2.24) is 4.57 Å². The Morgan fingerprint density at radius 2 is 1.72 bits per heavy atom. The lowest BCUT2D eigenvalue weighted by Gasteiger charge is -2.15. The molecule has 2 aromatic carbocycles. The van der Waals surface area contributed by atoms with Crippen LogP contribution < -0.4 is 20.0 Å². The van der Waals surface area contributed by atoms with Crippen molar-refractivity contribution in [3.05, 3.63) is 46.4 Å². The van der Waals surface area contributed by atoms with Gasteiger partial charge in [0, 0.05) is 25.2 Å². The topological polar surface area (TPSA) is 126 Å². The number of aromatic nitrogens is 1. The highest BCUT2D eigenvalue weighted by atomic mass is 32.2. The van der Waals surface area contributed by atoms with Crippen LogP contribution in [0.1, 0.15) is 10.4 Å². The van der Waals surface area contributed by atoms with E-state index in [0.29, 0.717) is 5.52 Å². The number of esters is 1. The van der Waals surface area contributed by atoms with Gasteiger partial charge >= 0.3 is 11.7 Å². The van der Waals surface area contributed by atoms with E-state index in [0.717, 1.165) is 0 Å². The number of rotatable bonds is 6. The molecule has 1 heterocycles. The quantitative estimate of drug-likeness (QED) is 0.595. The highest BCUT2D eigenvalue weighted by Crippen LogP contribution is 2.35. The molecular weight excluding hydrogens is 404 g/mol. The fourth-order valence-corrected chi connectivity index (χ4v) is 3.81. The van der Waals surface area contributed by atoms with Crippen molar-refractivity contribution < 1.29 is 31.8 Å². The molecular formula is C18H18N2O8S. The van der Waals surface area contributed by atoms with E-state index >= 15 is 0 Å². The maximum atomic E-state index is 12.9. The highest BCUT2D eigenvalue weighted by Gasteiger charge is 2.23. The number of ether oxygens (including phenoxy) is 3. The van der Waals surface area contributed by atoms with Crippen molar-refractivity contribution >= 4 is 32.8 Å². The van der Waals surface area contributed by atoms with Crippen molar-refractivity contribution in [2.45, 2.75) is 4.90 Å². The summed E-state index contributed by atoms with van der Waals surface area (Å²) in [6.07, 6.45) is 0. The molecule has 0 aliphatic carbocycles. The molecule has 0 spiro atoms. The van der Waals surface area contributed by atoms with Crippen LogP contribution in [0.15, 0.2) is 44.4 Å². The molecule has 0 unspecified atom stereocenters. The highest BCUT2D eigenvalue weighted by molar-refractivity contribution is 7.92. The molecule has 0 fully saturated rings. The monoisotopic (exact) mass is 422 g/mol. The summed E-state index contributed by atoms with van der Waals surface area (Å²) < 4.78 is 49.5. The molecule has 154 valence electrons. The van der Waals surface area contributed by atoms with Gasteiger partial charge < -0.3 is 18.6 Å². The molecule has 0 atom stereocenters. The van der Waals surface area contributed by atoms with Gasteiger partial charge in [-0.05, 0) is 12.1 Å². The van der Waals surface area contributed by atoms with Gasteiger partial charge in [0.1, 0.15) is 0 Å². The summed E-state index contributed by atoms with van der Waals surface area (Å²) in [5, 5.41) is 0. The van der Waals surface area contributed by atoms with E-state index in [4.69, 9.17) is 18.6 Å². The number of anilines is 1. The predicted octanol–water partition coefficient (Wildman–Crippen LogP) is 1.74. The van der Waals surface area contributed by atoms with Crippen molar-refractivity contribution in [2.24, 2.45) is 7.05 Å². The third-order valence-electron chi connectivity index (χ3n) is 4.25. The van der Waals surface area contributed by atoms with E-state index in [9.17, 15) is 18.0 Å². The van der Waals surface area contributed by atoms with Crippen LogP contribution in [0.4, 0.5) is 5.69 Å². The summed E-state index contributed by atoms with van der Waals surface area (Å²) in [5.74, 6) is -0.950. The second kappa shape index (κ2) is 7.51. The lowest BCUT2D eigenvalue weighted by Crippen LogP contribution is -2.16. The van der Waals surface area contributed by atoms with Crippen LogP contribution in [0.5, 0.6) is 11.5 Å². The molecule has 11 heteroatoms. The number of benzene rings is 2. The average Bonchev–Trinajstić information content (AvgIpc) is 3.00. The Morgan fingerprint density at radius 3 is 2.34 bits per heavy atom. The van der Waals surface area contributed by atoms with Gasteiger partial charge in [-0.25, -0.2) is 18.0 Å². The second-order valence-electron chi connectivity index (χ2n) is 5.91. The van der Waals surface area contributed by atoms with Crippen LogP contribution in [-0.4, -0.2) is 40.3 Å². The second-order valence-corrected chi connectivity index (χ2v) is 7.59. The molecule has 1 aromatic heterocycles. The molecule has 0 saturated heterocycles. The lowest BCUT2D eigenvalue weighted by atomic mass is 10.1. The molecule has 0 bridgehead atoms. The molecule has 0 saturated carbocycles. The number of carbonyl (C=O) groups is 1. The first-order chi connectivity index (χ1) is 13.7. The van der Waals surface area contributed by atoms with Gasteiger partial charge in [-0.3, -0.25) is 9.29 Å². The van der Waals surface area contributed by atoms with E-state index in [1.54, 1.807) is 0 Å². The van der Waals surface area contributed by atoms with Gasteiger partial charge in [-0.1, -0.05) is 0 Å². The maximum Gasteiger partial charge on any atom is 0.419 e. The number of aryl methyl sites for hydroxylation is 1. The zero-order valence-corrected chi connectivity index (χ0v) is 16.8. The Balaban J connectivity index is 2.10. The first-order valence-electron chi connectivity index (χ1n) is 8.18. The molecule has 3 rings (SSSR count). The number of carbonyl (C=O) groups excluding carboxylic acids is 1. The summed E-state index contributed by atoms with van der Waals surface area (Å²) in [6, 6.07) is 6.60. The van der Waals surface area contributed by atoms with Crippen LogP contribution in [0, 0.1) is 0 Å². The normalized spacial score (nSPS) is 11.3. The standard InChI is InChI=1S/C18H18N2O8S/c1-20-13-6-5-10(7-14(13)28-18(20)22)29(23,24)19-12-9-16(26-3)15(25-2)8-11(12)17(21)27-4/h5-9,19H,1-4H3. The minimum absolute atomic E-state index is 0.0656. The Bertz CT molecular complexity index is 1260. The van der Waals surface area contributed by atoms with E-state index in [-0.39, 0.29) is 33.2 Å². The summed E-state index contributed by atoms with van der Waals surface area (Å²) >= 11 is 0. The van der Waals surface area contributed by atoms with Crippen LogP contribution in [0.2, 0.25) is 0 Å². The number of nitrogens with one attached hydrogen (secondary N) is 1. The van der Waals surface area contributed by atoms with Gasteiger partial charge in [0.2, 0.25) is 0 Å². The Morgan fingerprint density at radius 1 is 1.07 bits per heavy atom.